The van der Waals surface area contributed by atoms with Crippen LogP contribution in [0.4, 0.5) is 0 Å². The molecule has 3 nitrogen and oxygen atoms in total. The van der Waals surface area contributed by atoms with Crippen LogP contribution < -0.4 is 0 Å². The molecule has 0 spiro atoms. The first-order valence-corrected chi connectivity index (χ1v) is 10.9. The van der Waals surface area contributed by atoms with E-state index in [9.17, 15) is 0 Å². The van der Waals surface area contributed by atoms with Crippen molar-refractivity contribution in [3.63, 3.8) is 0 Å². The van der Waals surface area contributed by atoms with Crippen LogP contribution in [0.25, 0.3) is 45.8 Å². The second kappa shape index (κ2) is 9.41. The van der Waals surface area contributed by atoms with Crippen LogP contribution in [0.1, 0.15) is 16.7 Å². The van der Waals surface area contributed by atoms with Gasteiger partial charge in [0.1, 0.15) is 0 Å². The summed E-state index contributed by atoms with van der Waals surface area (Å²) < 4.78 is 0. The van der Waals surface area contributed by atoms with Gasteiger partial charge in [-0.1, -0.05) is 78.9 Å². The molecule has 0 fully saturated rings. The third-order valence-corrected chi connectivity index (χ3v) is 5.57. The van der Waals surface area contributed by atoms with Crippen LogP contribution in [0.2, 0.25) is 0 Å². The van der Waals surface area contributed by atoms with E-state index in [0.717, 1.165) is 50.3 Å². The highest BCUT2D eigenvalue weighted by Gasteiger charge is 2.11. The first-order valence-electron chi connectivity index (χ1n) is 10.9. The molecule has 0 amide bonds. The number of nitrogens with zero attached hydrogens (tertiary/aromatic N) is 3. The predicted octanol–water partition coefficient (Wildman–Crippen LogP) is 7.35. The fraction of sp³-hybridized carbons (Fsp3) is 0.0333. The Bertz CT molecular complexity index is 1390. The molecule has 3 aromatic heterocycles. The average molecular weight is 426 g/mol. The highest BCUT2D eigenvalue weighted by atomic mass is 14.7. The number of rotatable bonds is 5. The Morgan fingerprint density at radius 1 is 0.576 bits per heavy atom. The Morgan fingerprint density at radius 3 is 2.00 bits per heavy atom. The minimum atomic E-state index is 0.907. The zero-order chi connectivity index (χ0) is 22.5. The molecule has 0 atom stereocenters. The molecule has 0 saturated heterocycles. The Labute approximate surface area is 194 Å². The standard InChI is InChI=1S/C30H23N3/c1-22-17-28(21-32-29(22)24-11-6-3-7-12-24)30-25(15-14-23-9-4-2-5-10-23)18-27(20-33-30)26-13-8-16-31-19-26/h2-21H,1H3. The molecule has 0 unspecified atom stereocenters. The van der Waals surface area contributed by atoms with Gasteiger partial charge in [-0.2, -0.15) is 0 Å². The molecule has 0 saturated carbocycles. The van der Waals surface area contributed by atoms with E-state index in [1.807, 2.05) is 61.1 Å². The van der Waals surface area contributed by atoms with Gasteiger partial charge in [-0.05, 0) is 36.2 Å². The third kappa shape index (κ3) is 4.63. The van der Waals surface area contributed by atoms with Crippen molar-refractivity contribution in [3.05, 3.63) is 126 Å². The fourth-order valence-electron chi connectivity index (χ4n) is 3.89. The molecule has 0 aliphatic heterocycles. The third-order valence-electron chi connectivity index (χ3n) is 5.57. The molecule has 3 heteroatoms. The zero-order valence-electron chi connectivity index (χ0n) is 18.4. The van der Waals surface area contributed by atoms with Crippen molar-refractivity contribution in [1.29, 1.82) is 0 Å². The lowest BCUT2D eigenvalue weighted by Gasteiger charge is -2.11. The van der Waals surface area contributed by atoms with Gasteiger partial charge in [0.2, 0.25) is 0 Å². The first-order chi connectivity index (χ1) is 16.3. The van der Waals surface area contributed by atoms with Gasteiger partial charge < -0.3 is 0 Å². The van der Waals surface area contributed by atoms with Gasteiger partial charge in [0.15, 0.2) is 0 Å². The SMILES string of the molecule is Cc1cc(-c2ncc(-c3cccnc3)cc2C=Cc2ccccc2)cnc1-c1ccccc1. The van der Waals surface area contributed by atoms with Crippen molar-refractivity contribution < 1.29 is 0 Å². The van der Waals surface area contributed by atoms with Gasteiger partial charge in [0.05, 0.1) is 11.4 Å². The second-order valence-corrected chi connectivity index (χ2v) is 7.90. The summed E-state index contributed by atoms with van der Waals surface area (Å²) in [6, 6.07) is 28.9. The quantitative estimate of drug-likeness (QED) is 0.295. The van der Waals surface area contributed by atoms with Crippen molar-refractivity contribution in [2.24, 2.45) is 0 Å². The lowest BCUT2D eigenvalue weighted by Crippen LogP contribution is -1.94. The largest absolute Gasteiger partial charge is 0.264 e. The van der Waals surface area contributed by atoms with Gasteiger partial charge in [-0.3, -0.25) is 15.0 Å². The van der Waals surface area contributed by atoms with Gasteiger partial charge in [0, 0.05) is 52.6 Å². The summed E-state index contributed by atoms with van der Waals surface area (Å²) in [6.45, 7) is 2.10. The maximum Gasteiger partial charge on any atom is 0.0790 e. The molecule has 5 rings (SSSR count). The molecule has 0 N–H and O–H groups in total. The van der Waals surface area contributed by atoms with E-state index in [-0.39, 0.29) is 0 Å². The summed E-state index contributed by atoms with van der Waals surface area (Å²) in [5, 5.41) is 0. The highest BCUT2D eigenvalue weighted by Crippen LogP contribution is 2.30. The number of aryl methyl sites for hydroxylation is 1. The summed E-state index contributed by atoms with van der Waals surface area (Å²) in [5.41, 5.74) is 9.39. The second-order valence-electron chi connectivity index (χ2n) is 7.90. The first kappa shape index (κ1) is 20.5. The molecular weight excluding hydrogens is 402 g/mol. The van der Waals surface area contributed by atoms with Crippen LogP contribution in [-0.2, 0) is 0 Å². The Kier molecular flexibility index (Phi) is 5.85. The lowest BCUT2D eigenvalue weighted by molar-refractivity contribution is 1.24. The van der Waals surface area contributed by atoms with Crippen LogP contribution in [0.5, 0.6) is 0 Å². The number of hydrogen-bond acceptors (Lipinski definition) is 3. The lowest BCUT2D eigenvalue weighted by atomic mass is 9.99. The summed E-state index contributed by atoms with van der Waals surface area (Å²) in [4.78, 5) is 13.9. The maximum atomic E-state index is 4.86. The summed E-state index contributed by atoms with van der Waals surface area (Å²) >= 11 is 0. The molecule has 2 aromatic carbocycles. The van der Waals surface area contributed by atoms with E-state index in [1.54, 1.807) is 6.20 Å². The molecule has 0 aliphatic carbocycles. The van der Waals surface area contributed by atoms with E-state index < -0.39 is 0 Å². The van der Waals surface area contributed by atoms with Crippen LogP contribution in [0.3, 0.4) is 0 Å². The summed E-state index contributed by atoms with van der Waals surface area (Å²) in [5.74, 6) is 0. The van der Waals surface area contributed by atoms with Crippen LogP contribution >= 0.6 is 0 Å². The zero-order valence-corrected chi connectivity index (χ0v) is 18.4. The predicted molar refractivity (Wildman–Crippen MR) is 136 cm³/mol. The topological polar surface area (TPSA) is 38.7 Å². The average Bonchev–Trinajstić information content (AvgIpc) is 2.89. The van der Waals surface area contributed by atoms with E-state index in [1.165, 1.54) is 0 Å². The maximum absolute atomic E-state index is 4.86. The molecule has 5 aromatic rings. The van der Waals surface area contributed by atoms with Gasteiger partial charge in [-0.15, -0.1) is 0 Å². The number of pyridine rings is 3. The Hall–Kier alpha value is -4.37. The summed E-state index contributed by atoms with van der Waals surface area (Å²) in [7, 11) is 0. The van der Waals surface area contributed by atoms with Crippen LogP contribution in [0.15, 0.2) is 110 Å². The van der Waals surface area contributed by atoms with Crippen molar-refractivity contribution in [1.82, 2.24) is 15.0 Å². The molecule has 0 aliphatic rings. The van der Waals surface area contributed by atoms with E-state index in [4.69, 9.17) is 9.97 Å². The smallest absolute Gasteiger partial charge is 0.0790 e. The van der Waals surface area contributed by atoms with E-state index in [0.29, 0.717) is 0 Å². The monoisotopic (exact) mass is 425 g/mol. The van der Waals surface area contributed by atoms with Gasteiger partial charge in [0.25, 0.3) is 0 Å². The molecule has 33 heavy (non-hydrogen) atoms. The van der Waals surface area contributed by atoms with Crippen molar-refractivity contribution in [3.8, 4) is 33.6 Å². The highest BCUT2D eigenvalue weighted by molar-refractivity contribution is 5.82. The molecular formula is C30H23N3. The van der Waals surface area contributed by atoms with Gasteiger partial charge in [-0.25, -0.2) is 0 Å². The number of hydrogen-bond donors (Lipinski definition) is 0. The minimum Gasteiger partial charge on any atom is -0.264 e. The molecule has 158 valence electrons. The van der Waals surface area contributed by atoms with E-state index in [2.05, 4.69) is 66.5 Å². The van der Waals surface area contributed by atoms with Crippen molar-refractivity contribution in [2.75, 3.05) is 0 Å². The van der Waals surface area contributed by atoms with Crippen molar-refractivity contribution >= 4 is 12.2 Å². The molecule has 0 radical (unpaired) electrons. The Morgan fingerprint density at radius 2 is 1.27 bits per heavy atom. The van der Waals surface area contributed by atoms with E-state index >= 15 is 0 Å². The molecule has 3 heterocycles. The van der Waals surface area contributed by atoms with Crippen LogP contribution in [0, 0.1) is 6.92 Å². The number of aromatic nitrogens is 3. The van der Waals surface area contributed by atoms with Gasteiger partial charge >= 0.3 is 0 Å². The number of benzene rings is 2. The summed E-state index contributed by atoms with van der Waals surface area (Å²) in [6.07, 6.45) is 11.7. The molecule has 0 bridgehead atoms. The Balaban J connectivity index is 1.59. The normalized spacial score (nSPS) is 11.1. The van der Waals surface area contributed by atoms with Crippen molar-refractivity contribution in [2.45, 2.75) is 6.92 Å². The fourth-order valence-corrected chi connectivity index (χ4v) is 3.89. The van der Waals surface area contributed by atoms with Crippen LogP contribution in [-0.4, -0.2) is 15.0 Å². The minimum absolute atomic E-state index is 0.907.